The third kappa shape index (κ3) is 4.22. The smallest absolute Gasteiger partial charge is 0.0220 e. The van der Waals surface area contributed by atoms with Crippen molar-refractivity contribution < 1.29 is 0 Å². The second-order valence-electron chi connectivity index (χ2n) is 6.48. The molecule has 3 atom stereocenters. The van der Waals surface area contributed by atoms with E-state index < -0.39 is 0 Å². The summed E-state index contributed by atoms with van der Waals surface area (Å²) in [6.45, 7) is 9.78. The van der Waals surface area contributed by atoms with Gasteiger partial charge >= 0.3 is 0 Å². The van der Waals surface area contributed by atoms with Crippen LogP contribution >= 0.6 is 0 Å². The zero-order valence-electron chi connectivity index (χ0n) is 12.5. The second-order valence-corrected chi connectivity index (χ2v) is 6.48. The highest BCUT2D eigenvalue weighted by Crippen LogP contribution is 2.17. The first-order chi connectivity index (χ1) is 8.65. The molecule has 2 aliphatic heterocycles. The Balaban J connectivity index is 1.83. The van der Waals surface area contributed by atoms with Crippen molar-refractivity contribution in [1.82, 2.24) is 15.1 Å². The van der Waals surface area contributed by atoms with Crippen LogP contribution in [0.2, 0.25) is 0 Å². The summed E-state index contributed by atoms with van der Waals surface area (Å²) in [6.07, 6.45) is 6.81. The monoisotopic (exact) mass is 253 g/mol. The lowest BCUT2D eigenvalue weighted by atomic mass is 10.0. The van der Waals surface area contributed by atoms with Gasteiger partial charge in [0.15, 0.2) is 0 Å². The van der Waals surface area contributed by atoms with E-state index in [4.69, 9.17) is 0 Å². The number of likely N-dealkylation sites (tertiary alicyclic amines) is 1. The molecule has 0 aromatic carbocycles. The Bertz CT molecular complexity index is 232. The number of nitrogens with one attached hydrogen (secondary N) is 1. The first-order valence-corrected chi connectivity index (χ1v) is 7.84. The predicted molar refractivity (Wildman–Crippen MR) is 78.0 cm³/mol. The lowest BCUT2D eigenvalue weighted by Gasteiger charge is -2.38. The minimum Gasteiger partial charge on any atom is -0.312 e. The van der Waals surface area contributed by atoms with Gasteiger partial charge in [0, 0.05) is 24.7 Å². The molecule has 2 rings (SSSR count). The first kappa shape index (κ1) is 14.3. The molecule has 3 unspecified atom stereocenters. The quantitative estimate of drug-likeness (QED) is 0.811. The van der Waals surface area contributed by atoms with Crippen LogP contribution in [0.5, 0.6) is 0 Å². The average molecular weight is 253 g/mol. The van der Waals surface area contributed by atoms with Crippen molar-refractivity contribution in [1.29, 1.82) is 0 Å². The van der Waals surface area contributed by atoms with Crippen molar-refractivity contribution >= 4 is 0 Å². The maximum absolute atomic E-state index is 3.68. The van der Waals surface area contributed by atoms with Gasteiger partial charge in [0.1, 0.15) is 0 Å². The van der Waals surface area contributed by atoms with E-state index in [-0.39, 0.29) is 0 Å². The highest BCUT2D eigenvalue weighted by Gasteiger charge is 2.23. The number of nitrogens with zero attached hydrogens (tertiary/aromatic N) is 2. The number of hydrogen-bond acceptors (Lipinski definition) is 3. The predicted octanol–water partition coefficient (Wildman–Crippen LogP) is 1.93. The van der Waals surface area contributed by atoms with E-state index in [2.05, 4.69) is 36.0 Å². The molecule has 0 bridgehead atoms. The molecule has 2 aliphatic rings. The minimum atomic E-state index is 0.673. The summed E-state index contributed by atoms with van der Waals surface area (Å²) < 4.78 is 0. The summed E-state index contributed by atoms with van der Waals surface area (Å²) in [4.78, 5) is 5.29. The van der Waals surface area contributed by atoms with E-state index in [1.165, 1.54) is 58.3 Å². The molecular weight excluding hydrogens is 222 g/mol. The molecule has 2 saturated heterocycles. The van der Waals surface area contributed by atoms with Gasteiger partial charge in [-0.25, -0.2) is 0 Å². The molecule has 0 aromatic heterocycles. The Hall–Kier alpha value is -0.120. The van der Waals surface area contributed by atoms with Gasteiger partial charge in [-0.1, -0.05) is 6.42 Å². The Labute approximate surface area is 113 Å². The minimum absolute atomic E-state index is 0.673. The fourth-order valence-corrected chi connectivity index (χ4v) is 3.37. The van der Waals surface area contributed by atoms with Gasteiger partial charge in [0.25, 0.3) is 0 Å². The van der Waals surface area contributed by atoms with Crippen LogP contribution in [0.3, 0.4) is 0 Å². The van der Waals surface area contributed by atoms with Crippen molar-refractivity contribution in [3.05, 3.63) is 0 Å². The maximum Gasteiger partial charge on any atom is 0.0220 e. The van der Waals surface area contributed by atoms with E-state index in [0.29, 0.717) is 12.1 Å². The molecule has 106 valence electrons. The van der Waals surface area contributed by atoms with Crippen molar-refractivity contribution in [2.45, 2.75) is 64.1 Å². The van der Waals surface area contributed by atoms with Crippen LogP contribution in [0.1, 0.15) is 46.0 Å². The molecule has 1 N–H and O–H groups in total. The summed E-state index contributed by atoms with van der Waals surface area (Å²) in [7, 11) is 2.31. The van der Waals surface area contributed by atoms with Crippen LogP contribution in [0, 0.1) is 0 Å². The Morgan fingerprint density at radius 2 is 1.61 bits per heavy atom. The second kappa shape index (κ2) is 6.88. The lowest BCUT2D eigenvalue weighted by molar-refractivity contribution is 0.117. The Morgan fingerprint density at radius 1 is 0.944 bits per heavy atom. The van der Waals surface area contributed by atoms with Gasteiger partial charge in [-0.15, -0.1) is 0 Å². The van der Waals surface area contributed by atoms with E-state index in [0.717, 1.165) is 6.04 Å². The third-order valence-electron chi connectivity index (χ3n) is 4.72. The largest absolute Gasteiger partial charge is 0.312 e. The average Bonchev–Trinajstić information content (AvgIpc) is 2.33. The SMILES string of the molecule is CC1CCN(CC2CCCCN2C)CCC(C)N1. The highest BCUT2D eigenvalue weighted by molar-refractivity contribution is 4.81. The standard InChI is InChI=1S/C15H31N3/c1-13-7-10-18(11-8-14(2)16-13)12-15-6-4-5-9-17(15)3/h13-16H,4-12H2,1-3H3. The van der Waals surface area contributed by atoms with E-state index in [9.17, 15) is 0 Å². The summed E-state index contributed by atoms with van der Waals surface area (Å²) in [5.41, 5.74) is 0. The van der Waals surface area contributed by atoms with E-state index in [1.807, 2.05) is 0 Å². The summed E-state index contributed by atoms with van der Waals surface area (Å²) in [5.74, 6) is 0. The van der Waals surface area contributed by atoms with E-state index >= 15 is 0 Å². The van der Waals surface area contributed by atoms with Crippen molar-refractivity contribution in [2.24, 2.45) is 0 Å². The number of hydrogen-bond donors (Lipinski definition) is 1. The summed E-state index contributed by atoms with van der Waals surface area (Å²) in [6, 6.07) is 2.15. The molecule has 0 spiro atoms. The van der Waals surface area contributed by atoms with Gasteiger partial charge in [0.05, 0.1) is 0 Å². The molecule has 0 radical (unpaired) electrons. The molecule has 0 aromatic rings. The van der Waals surface area contributed by atoms with Gasteiger partial charge < -0.3 is 15.1 Å². The van der Waals surface area contributed by atoms with Crippen LogP contribution in [0.25, 0.3) is 0 Å². The third-order valence-corrected chi connectivity index (χ3v) is 4.72. The molecule has 18 heavy (non-hydrogen) atoms. The van der Waals surface area contributed by atoms with Crippen LogP contribution in [-0.2, 0) is 0 Å². The van der Waals surface area contributed by atoms with E-state index in [1.54, 1.807) is 0 Å². The van der Waals surface area contributed by atoms with Crippen LogP contribution in [0.4, 0.5) is 0 Å². The molecule has 0 amide bonds. The zero-order chi connectivity index (χ0) is 13.0. The first-order valence-electron chi connectivity index (χ1n) is 7.84. The van der Waals surface area contributed by atoms with Crippen molar-refractivity contribution in [3.63, 3.8) is 0 Å². The Morgan fingerprint density at radius 3 is 2.22 bits per heavy atom. The van der Waals surface area contributed by atoms with Gasteiger partial charge in [-0.3, -0.25) is 0 Å². The summed E-state index contributed by atoms with van der Waals surface area (Å²) in [5, 5.41) is 3.68. The van der Waals surface area contributed by atoms with Gasteiger partial charge in [-0.05, 0) is 66.2 Å². The number of rotatable bonds is 2. The lowest BCUT2D eigenvalue weighted by Crippen LogP contribution is -2.48. The fraction of sp³-hybridized carbons (Fsp3) is 1.00. The van der Waals surface area contributed by atoms with Crippen molar-refractivity contribution in [3.8, 4) is 0 Å². The van der Waals surface area contributed by atoms with Gasteiger partial charge in [0.2, 0.25) is 0 Å². The normalized spacial score (nSPS) is 37.2. The zero-order valence-corrected chi connectivity index (χ0v) is 12.5. The maximum atomic E-state index is 3.68. The Kier molecular flexibility index (Phi) is 5.46. The highest BCUT2D eigenvalue weighted by atomic mass is 15.2. The molecule has 3 heteroatoms. The molecule has 0 saturated carbocycles. The van der Waals surface area contributed by atoms with Gasteiger partial charge in [-0.2, -0.15) is 0 Å². The van der Waals surface area contributed by atoms with Crippen LogP contribution in [-0.4, -0.2) is 61.2 Å². The number of likely N-dealkylation sites (N-methyl/N-ethyl adjacent to an activating group) is 1. The molecule has 3 nitrogen and oxygen atoms in total. The molecule has 0 aliphatic carbocycles. The topological polar surface area (TPSA) is 18.5 Å². The molecule has 2 fully saturated rings. The number of piperidine rings is 1. The van der Waals surface area contributed by atoms with Crippen LogP contribution < -0.4 is 5.32 Å². The summed E-state index contributed by atoms with van der Waals surface area (Å²) >= 11 is 0. The molecule has 2 heterocycles. The fourth-order valence-electron chi connectivity index (χ4n) is 3.37. The van der Waals surface area contributed by atoms with Crippen LogP contribution in [0.15, 0.2) is 0 Å². The van der Waals surface area contributed by atoms with Crippen molar-refractivity contribution in [2.75, 3.05) is 33.2 Å². The molecular formula is C15H31N3.